The Hall–Kier alpha value is -1.24. The van der Waals surface area contributed by atoms with Gasteiger partial charge in [-0.05, 0) is 31.9 Å². The Kier molecular flexibility index (Phi) is 2.09. The van der Waals surface area contributed by atoms with E-state index in [1.807, 2.05) is 0 Å². The Balaban J connectivity index is 2.40. The number of allylic oxidation sites excluding steroid dienone is 1. The van der Waals surface area contributed by atoms with Crippen LogP contribution in [0.4, 0.5) is 5.69 Å². The van der Waals surface area contributed by atoms with Crippen LogP contribution in [0.1, 0.15) is 19.4 Å². The molecule has 0 radical (unpaired) electrons. The Morgan fingerprint density at radius 1 is 1.38 bits per heavy atom. The molecule has 1 aliphatic rings. The summed E-state index contributed by atoms with van der Waals surface area (Å²) >= 11 is 0. The first-order valence-corrected chi connectivity index (χ1v) is 4.82. The maximum atomic E-state index is 2.34. The monoisotopic (exact) mass is 173 g/mol. The van der Waals surface area contributed by atoms with E-state index in [0.717, 1.165) is 0 Å². The van der Waals surface area contributed by atoms with Crippen LogP contribution in [0.5, 0.6) is 0 Å². The standard InChI is InChI=1S/C12H15N/c1-3-8-13-10(2)9-11-6-4-5-7-12(11)13/h3-8,10H,9H2,1-2H3/b8-3+. The average molecular weight is 173 g/mol. The van der Waals surface area contributed by atoms with Gasteiger partial charge in [-0.1, -0.05) is 24.3 Å². The number of para-hydroxylation sites is 1. The molecule has 2 rings (SSSR count). The zero-order valence-corrected chi connectivity index (χ0v) is 8.20. The number of nitrogens with zero attached hydrogens (tertiary/aromatic N) is 1. The molecule has 0 aliphatic carbocycles. The molecule has 0 amide bonds. The van der Waals surface area contributed by atoms with Crippen LogP contribution in [0.2, 0.25) is 0 Å². The molecule has 0 fully saturated rings. The Bertz CT molecular complexity index is 328. The number of anilines is 1. The van der Waals surface area contributed by atoms with Gasteiger partial charge in [-0.15, -0.1) is 0 Å². The normalized spacial score (nSPS) is 21.1. The van der Waals surface area contributed by atoms with E-state index >= 15 is 0 Å². The third-order valence-electron chi connectivity index (χ3n) is 2.57. The van der Waals surface area contributed by atoms with Crippen LogP contribution < -0.4 is 4.90 Å². The van der Waals surface area contributed by atoms with E-state index in [9.17, 15) is 0 Å². The molecule has 0 saturated carbocycles. The van der Waals surface area contributed by atoms with Crippen molar-refractivity contribution in [3.05, 3.63) is 42.1 Å². The summed E-state index contributed by atoms with van der Waals surface area (Å²) in [5, 5.41) is 0. The molecule has 1 unspecified atom stereocenters. The largest absolute Gasteiger partial charge is 0.345 e. The Labute approximate surface area is 79.7 Å². The van der Waals surface area contributed by atoms with Crippen molar-refractivity contribution in [3.8, 4) is 0 Å². The highest BCUT2D eigenvalue weighted by Crippen LogP contribution is 2.31. The van der Waals surface area contributed by atoms with Crippen molar-refractivity contribution in [1.29, 1.82) is 0 Å². The summed E-state index contributed by atoms with van der Waals surface area (Å²) in [6.45, 7) is 4.33. The fourth-order valence-electron chi connectivity index (χ4n) is 1.98. The van der Waals surface area contributed by atoms with Crippen LogP contribution in [0.25, 0.3) is 0 Å². The van der Waals surface area contributed by atoms with Gasteiger partial charge in [-0.25, -0.2) is 0 Å². The van der Waals surface area contributed by atoms with Gasteiger partial charge < -0.3 is 4.90 Å². The summed E-state index contributed by atoms with van der Waals surface area (Å²) in [6, 6.07) is 9.24. The summed E-state index contributed by atoms with van der Waals surface area (Å²) in [7, 11) is 0. The van der Waals surface area contributed by atoms with Crippen LogP contribution >= 0.6 is 0 Å². The van der Waals surface area contributed by atoms with Crippen LogP contribution in [0.15, 0.2) is 36.5 Å². The Morgan fingerprint density at radius 3 is 2.92 bits per heavy atom. The molecule has 1 aliphatic heterocycles. The molecule has 13 heavy (non-hydrogen) atoms. The number of benzene rings is 1. The molecule has 1 aromatic carbocycles. The fraction of sp³-hybridized carbons (Fsp3) is 0.333. The molecule has 1 nitrogen and oxygen atoms in total. The van der Waals surface area contributed by atoms with Crippen molar-refractivity contribution in [2.75, 3.05) is 4.90 Å². The number of fused-ring (bicyclic) bond motifs is 1. The van der Waals surface area contributed by atoms with Gasteiger partial charge in [0, 0.05) is 17.9 Å². The molecule has 0 N–H and O–H groups in total. The van der Waals surface area contributed by atoms with Gasteiger partial charge in [0.2, 0.25) is 0 Å². The summed E-state index contributed by atoms with van der Waals surface area (Å²) in [5.74, 6) is 0. The van der Waals surface area contributed by atoms with E-state index in [4.69, 9.17) is 0 Å². The first-order valence-electron chi connectivity index (χ1n) is 4.82. The first kappa shape index (κ1) is 8.36. The molecule has 0 spiro atoms. The molecule has 68 valence electrons. The summed E-state index contributed by atoms with van der Waals surface area (Å²) in [4.78, 5) is 2.34. The lowest BCUT2D eigenvalue weighted by Crippen LogP contribution is -2.22. The summed E-state index contributed by atoms with van der Waals surface area (Å²) in [6.07, 6.45) is 5.43. The molecular weight excluding hydrogens is 158 g/mol. The third kappa shape index (κ3) is 1.35. The van der Waals surface area contributed by atoms with Crippen molar-refractivity contribution >= 4 is 5.69 Å². The zero-order chi connectivity index (χ0) is 9.26. The minimum atomic E-state index is 0.605. The van der Waals surface area contributed by atoms with Gasteiger partial charge in [0.1, 0.15) is 0 Å². The van der Waals surface area contributed by atoms with Gasteiger partial charge in [0.15, 0.2) is 0 Å². The first-order chi connectivity index (χ1) is 6.33. The lowest BCUT2D eigenvalue weighted by molar-refractivity contribution is 0.753. The number of hydrogen-bond donors (Lipinski definition) is 0. The minimum absolute atomic E-state index is 0.605. The minimum Gasteiger partial charge on any atom is -0.345 e. The SMILES string of the molecule is C/C=C/N1c2ccccc2CC1C. The van der Waals surface area contributed by atoms with Crippen LogP contribution in [-0.2, 0) is 6.42 Å². The van der Waals surface area contributed by atoms with E-state index in [-0.39, 0.29) is 0 Å². The van der Waals surface area contributed by atoms with Gasteiger partial charge in [0.05, 0.1) is 0 Å². The van der Waals surface area contributed by atoms with Gasteiger partial charge in [-0.3, -0.25) is 0 Å². The second kappa shape index (κ2) is 3.25. The predicted octanol–water partition coefficient (Wildman–Crippen LogP) is 2.97. The van der Waals surface area contributed by atoms with Crippen molar-refractivity contribution in [2.24, 2.45) is 0 Å². The predicted molar refractivity (Wildman–Crippen MR) is 56.9 cm³/mol. The van der Waals surface area contributed by atoms with Gasteiger partial charge >= 0.3 is 0 Å². The lowest BCUT2D eigenvalue weighted by Gasteiger charge is -2.19. The smallest absolute Gasteiger partial charge is 0.0441 e. The zero-order valence-electron chi connectivity index (χ0n) is 8.20. The Morgan fingerprint density at radius 2 is 2.15 bits per heavy atom. The van der Waals surface area contributed by atoms with Crippen LogP contribution in [-0.4, -0.2) is 6.04 Å². The van der Waals surface area contributed by atoms with Crippen LogP contribution in [0.3, 0.4) is 0 Å². The van der Waals surface area contributed by atoms with E-state index in [1.54, 1.807) is 0 Å². The molecule has 1 heterocycles. The van der Waals surface area contributed by atoms with E-state index in [2.05, 4.69) is 55.3 Å². The average Bonchev–Trinajstić information content (AvgIpc) is 2.44. The molecule has 0 saturated heterocycles. The second-order valence-electron chi connectivity index (χ2n) is 3.57. The van der Waals surface area contributed by atoms with Gasteiger partial charge in [-0.2, -0.15) is 0 Å². The topological polar surface area (TPSA) is 3.24 Å². The maximum absolute atomic E-state index is 2.34. The maximum Gasteiger partial charge on any atom is 0.0441 e. The highest BCUT2D eigenvalue weighted by molar-refractivity contribution is 5.61. The third-order valence-corrected chi connectivity index (χ3v) is 2.57. The molecular formula is C12H15N. The molecule has 1 atom stereocenters. The van der Waals surface area contributed by atoms with E-state index in [1.165, 1.54) is 17.7 Å². The molecule has 0 aromatic heterocycles. The molecule has 1 heteroatoms. The lowest BCUT2D eigenvalue weighted by atomic mass is 10.1. The highest BCUT2D eigenvalue weighted by atomic mass is 15.2. The van der Waals surface area contributed by atoms with Crippen molar-refractivity contribution in [1.82, 2.24) is 0 Å². The highest BCUT2D eigenvalue weighted by Gasteiger charge is 2.22. The summed E-state index contributed by atoms with van der Waals surface area (Å²) < 4.78 is 0. The molecule has 0 bridgehead atoms. The van der Waals surface area contributed by atoms with E-state index < -0.39 is 0 Å². The quantitative estimate of drug-likeness (QED) is 0.631. The summed E-state index contributed by atoms with van der Waals surface area (Å²) in [5.41, 5.74) is 2.83. The van der Waals surface area contributed by atoms with E-state index in [0.29, 0.717) is 6.04 Å². The second-order valence-corrected chi connectivity index (χ2v) is 3.57. The number of hydrogen-bond acceptors (Lipinski definition) is 1. The van der Waals surface area contributed by atoms with Crippen LogP contribution in [0, 0.1) is 0 Å². The van der Waals surface area contributed by atoms with Crippen molar-refractivity contribution < 1.29 is 0 Å². The number of rotatable bonds is 1. The van der Waals surface area contributed by atoms with Crippen molar-refractivity contribution in [2.45, 2.75) is 26.3 Å². The molecule has 1 aromatic rings. The van der Waals surface area contributed by atoms with Crippen molar-refractivity contribution in [3.63, 3.8) is 0 Å². The fourth-order valence-corrected chi connectivity index (χ4v) is 1.98. The van der Waals surface area contributed by atoms with Gasteiger partial charge in [0.25, 0.3) is 0 Å².